The van der Waals surface area contributed by atoms with E-state index < -0.39 is 0 Å². The highest BCUT2D eigenvalue weighted by molar-refractivity contribution is 14.0. The zero-order valence-electron chi connectivity index (χ0n) is 16.8. The number of likely N-dealkylation sites (tertiary alicyclic amines) is 1. The maximum absolute atomic E-state index is 12.0. The Kier molecular flexibility index (Phi) is 7.94. The van der Waals surface area contributed by atoms with Crippen molar-refractivity contribution < 1.29 is 4.79 Å². The number of halogens is 1. The molecular weight excluding hydrogens is 451 g/mol. The first-order chi connectivity index (χ1) is 12.5. The van der Waals surface area contributed by atoms with Crippen molar-refractivity contribution in [2.75, 3.05) is 26.7 Å². The second-order valence-electron chi connectivity index (χ2n) is 7.94. The highest BCUT2D eigenvalue weighted by Gasteiger charge is 2.40. The van der Waals surface area contributed by atoms with Crippen LogP contribution in [0.3, 0.4) is 0 Å². The fraction of sp³-hybridized carbons (Fsp3) is 0.619. The lowest BCUT2D eigenvalue weighted by Crippen LogP contribution is -2.54. The summed E-state index contributed by atoms with van der Waals surface area (Å²) in [4.78, 5) is 18.8. The molecule has 0 bridgehead atoms. The molecule has 3 rings (SSSR count). The highest BCUT2D eigenvalue weighted by atomic mass is 127. The Bertz CT molecular complexity index is 676. The van der Waals surface area contributed by atoms with Crippen LogP contribution in [0.25, 0.3) is 0 Å². The van der Waals surface area contributed by atoms with Gasteiger partial charge in [-0.15, -0.1) is 24.0 Å². The van der Waals surface area contributed by atoms with Crippen LogP contribution in [0, 0.1) is 0 Å². The third kappa shape index (κ3) is 5.15. The van der Waals surface area contributed by atoms with Crippen molar-refractivity contribution in [1.29, 1.82) is 0 Å². The topological polar surface area (TPSA) is 56.7 Å². The molecule has 0 saturated carbocycles. The van der Waals surface area contributed by atoms with Crippen molar-refractivity contribution in [1.82, 2.24) is 15.5 Å². The number of benzene rings is 1. The van der Waals surface area contributed by atoms with Gasteiger partial charge in [-0.1, -0.05) is 24.3 Å². The van der Waals surface area contributed by atoms with Gasteiger partial charge in [0.25, 0.3) is 0 Å². The van der Waals surface area contributed by atoms with E-state index in [2.05, 4.69) is 44.8 Å². The normalized spacial score (nSPS) is 22.2. The van der Waals surface area contributed by atoms with Crippen LogP contribution < -0.4 is 10.6 Å². The Morgan fingerprint density at radius 1 is 1.26 bits per heavy atom. The van der Waals surface area contributed by atoms with Gasteiger partial charge >= 0.3 is 0 Å². The van der Waals surface area contributed by atoms with E-state index in [-0.39, 0.29) is 47.9 Å². The van der Waals surface area contributed by atoms with Gasteiger partial charge < -0.3 is 15.5 Å². The number of guanidine groups is 1. The number of carbonyl (C=O) groups is 1. The number of nitrogens with one attached hydrogen (secondary N) is 2. The summed E-state index contributed by atoms with van der Waals surface area (Å²) < 4.78 is 0. The number of hydrogen-bond donors (Lipinski definition) is 2. The molecule has 6 heteroatoms. The third-order valence-corrected chi connectivity index (χ3v) is 5.64. The summed E-state index contributed by atoms with van der Waals surface area (Å²) in [6.07, 6.45) is 6.10. The number of aryl methyl sites for hydroxylation is 1. The number of carbonyl (C=O) groups excluding carboxylic acids is 1. The van der Waals surface area contributed by atoms with Crippen LogP contribution >= 0.6 is 24.0 Å². The molecule has 2 N–H and O–H groups in total. The third-order valence-electron chi connectivity index (χ3n) is 5.64. The predicted octanol–water partition coefficient (Wildman–Crippen LogP) is 3.07. The van der Waals surface area contributed by atoms with Gasteiger partial charge in [-0.2, -0.15) is 0 Å². The zero-order chi connectivity index (χ0) is 18.6. The molecule has 0 aromatic heterocycles. The lowest BCUT2D eigenvalue weighted by molar-refractivity contribution is -0.120. The van der Waals surface area contributed by atoms with Crippen molar-refractivity contribution in [3.8, 4) is 0 Å². The largest absolute Gasteiger partial charge is 0.352 e. The van der Waals surface area contributed by atoms with Crippen molar-refractivity contribution in [2.24, 2.45) is 4.99 Å². The summed E-state index contributed by atoms with van der Waals surface area (Å²) >= 11 is 0. The molecular formula is C21H33IN4O. The minimum Gasteiger partial charge on any atom is -0.352 e. The minimum absolute atomic E-state index is 0. The molecule has 1 aliphatic heterocycles. The Labute approximate surface area is 180 Å². The first-order valence-corrected chi connectivity index (χ1v) is 9.87. The maximum Gasteiger partial charge on any atom is 0.239 e. The van der Waals surface area contributed by atoms with Crippen molar-refractivity contribution in [3.05, 3.63) is 35.4 Å². The number of amides is 1. The Morgan fingerprint density at radius 2 is 2.00 bits per heavy atom. The average molecular weight is 484 g/mol. The Morgan fingerprint density at radius 3 is 2.74 bits per heavy atom. The molecule has 150 valence electrons. The number of piperidine rings is 1. The number of hydrogen-bond acceptors (Lipinski definition) is 2. The first-order valence-electron chi connectivity index (χ1n) is 9.87. The molecule has 1 aromatic rings. The van der Waals surface area contributed by atoms with Gasteiger partial charge in [0.15, 0.2) is 5.96 Å². The molecule has 0 radical (unpaired) electrons. The van der Waals surface area contributed by atoms with Crippen LogP contribution in [-0.2, 0) is 16.6 Å². The predicted molar refractivity (Wildman–Crippen MR) is 122 cm³/mol. The highest BCUT2D eigenvalue weighted by Crippen LogP contribution is 2.43. The molecule has 1 heterocycles. The summed E-state index contributed by atoms with van der Waals surface area (Å²) in [6, 6.07) is 9.10. The van der Waals surface area contributed by atoms with Crippen LogP contribution in [-0.4, -0.2) is 49.5 Å². The minimum atomic E-state index is 0. The molecule has 2 aliphatic rings. The van der Waals surface area contributed by atoms with Gasteiger partial charge in [-0.25, -0.2) is 0 Å². The first kappa shape index (κ1) is 22.0. The van der Waals surface area contributed by atoms with Crippen LogP contribution in [0.5, 0.6) is 0 Å². The van der Waals surface area contributed by atoms with Crippen LogP contribution in [0.1, 0.15) is 50.7 Å². The van der Waals surface area contributed by atoms with Gasteiger partial charge in [-0.3, -0.25) is 9.79 Å². The zero-order valence-corrected chi connectivity index (χ0v) is 19.1. The quantitative estimate of drug-likeness (QED) is 0.394. The van der Waals surface area contributed by atoms with E-state index in [1.54, 1.807) is 7.05 Å². The van der Waals surface area contributed by atoms with E-state index >= 15 is 0 Å². The van der Waals surface area contributed by atoms with Crippen molar-refractivity contribution in [2.45, 2.75) is 57.4 Å². The molecule has 27 heavy (non-hydrogen) atoms. The molecule has 1 atom stereocenters. The van der Waals surface area contributed by atoms with Gasteiger partial charge in [0.05, 0.1) is 6.54 Å². The van der Waals surface area contributed by atoms with Gasteiger partial charge in [0, 0.05) is 31.6 Å². The standard InChI is InChI=1S/C21H32N4O.HI/c1-16(2)24-19(26)14-23-20(22-3)25-13-7-12-21(15-25)11-6-9-17-8-4-5-10-18(17)21;/h4-5,8,10,16H,6-7,9,11-15H2,1-3H3,(H,22,23)(H,24,26);1H. The molecule has 5 nitrogen and oxygen atoms in total. The second-order valence-corrected chi connectivity index (χ2v) is 7.94. The van der Waals surface area contributed by atoms with Crippen molar-refractivity contribution in [3.63, 3.8) is 0 Å². The lowest BCUT2D eigenvalue weighted by atomic mass is 9.66. The number of aliphatic imine (C=N–C) groups is 1. The summed E-state index contributed by atoms with van der Waals surface area (Å²) in [5, 5.41) is 6.17. The monoisotopic (exact) mass is 484 g/mol. The van der Waals surface area contributed by atoms with E-state index in [4.69, 9.17) is 0 Å². The van der Waals surface area contributed by atoms with E-state index in [0.29, 0.717) is 0 Å². The van der Waals surface area contributed by atoms with E-state index in [1.807, 2.05) is 13.8 Å². The van der Waals surface area contributed by atoms with E-state index in [9.17, 15) is 4.79 Å². The van der Waals surface area contributed by atoms with Gasteiger partial charge in [-0.05, 0) is 57.1 Å². The molecule has 1 unspecified atom stereocenters. The summed E-state index contributed by atoms with van der Waals surface area (Å²) in [7, 11) is 1.80. The number of rotatable bonds is 3. The maximum atomic E-state index is 12.0. The number of nitrogens with zero attached hydrogens (tertiary/aromatic N) is 2. The molecule has 1 spiro atoms. The smallest absolute Gasteiger partial charge is 0.239 e. The fourth-order valence-electron chi connectivity index (χ4n) is 4.61. The molecule has 1 saturated heterocycles. The molecule has 1 aromatic carbocycles. The summed E-state index contributed by atoms with van der Waals surface area (Å²) in [5.41, 5.74) is 3.27. The lowest BCUT2D eigenvalue weighted by Gasteiger charge is -2.47. The van der Waals surface area contributed by atoms with Crippen LogP contribution in [0.4, 0.5) is 0 Å². The van der Waals surface area contributed by atoms with E-state index in [0.717, 1.165) is 25.5 Å². The average Bonchev–Trinajstić information content (AvgIpc) is 2.62. The fourth-order valence-corrected chi connectivity index (χ4v) is 4.61. The Hall–Kier alpha value is -1.31. The van der Waals surface area contributed by atoms with Gasteiger partial charge in [0.2, 0.25) is 5.91 Å². The summed E-state index contributed by atoms with van der Waals surface area (Å²) in [6.45, 7) is 6.19. The van der Waals surface area contributed by atoms with Crippen LogP contribution in [0.2, 0.25) is 0 Å². The number of fused-ring (bicyclic) bond motifs is 2. The van der Waals surface area contributed by atoms with Gasteiger partial charge in [0.1, 0.15) is 0 Å². The van der Waals surface area contributed by atoms with Crippen molar-refractivity contribution >= 4 is 35.8 Å². The van der Waals surface area contributed by atoms with Crippen LogP contribution in [0.15, 0.2) is 29.3 Å². The Balaban J connectivity index is 0.00000261. The molecule has 1 fully saturated rings. The second kappa shape index (κ2) is 9.75. The molecule has 1 amide bonds. The van der Waals surface area contributed by atoms with E-state index in [1.165, 1.54) is 36.8 Å². The SMILES string of the molecule is CN=C(NCC(=O)NC(C)C)N1CCCC2(CCCc3ccccc32)C1.I. The molecule has 1 aliphatic carbocycles. The summed E-state index contributed by atoms with van der Waals surface area (Å²) in [5.74, 6) is 0.849.